The molecule has 0 aliphatic rings. The molecule has 0 fully saturated rings. The number of fused-ring (bicyclic) bond motifs is 1. The molecule has 2 aromatic heterocycles. The van der Waals surface area contributed by atoms with Crippen molar-refractivity contribution in [1.29, 1.82) is 0 Å². The molecule has 0 amide bonds. The van der Waals surface area contributed by atoms with Crippen LogP contribution in [0.5, 0.6) is 0 Å². The van der Waals surface area contributed by atoms with Gasteiger partial charge < -0.3 is 9.67 Å². The summed E-state index contributed by atoms with van der Waals surface area (Å²) in [6, 6.07) is 8.50. The third-order valence-electron chi connectivity index (χ3n) is 3.65. The molecule has 3 aromatic rings. The van der Waals surface area contributed by atoms with Gasteiger partial charge in [0.25, 0.3) is 0 Å². The maximum atomic E-state index is 9.13. The highest BCUT2D eigenvalue weighted by atomic mass is 32.1. The van der Waals surface area contributed by atoms with Crippen molar-refractivity contribution >= 4 is 22.4 Å². The van der Waals surface area contributed by atoms with Gasteiger partial charge in [0.1, 0.15) is 0 Å². The van der Waals surface area contributed by atoms with Crippen molar-refractivity contribution in [3.8, 4) is 10.7 Å². The molecule has 0 radical (unpaired) electrons. The Kier molecular flexibility index (Phi) is 3.59. The second-order valence-electron chi connectivity index (χ2n) is 5.07. The van der Waals surface area contributed by atoms with E-state index >= 15 is 0 Å². The molecule has 0 unspecified atom stereocenters. The molecule has 1 N–H and O–H groups in total. The quantitative estimate of drug-likeness (QED) is 0.793. The maximum absolute atomic E-state index is 9.13. The molecule has 1 aromatic carbocycles. The van der Waals surface area contributed by atoms with Crippen LogP contribution in [0.2, 0.25) is 0 Å². The highest BCUT2D eigenvalue weighted by molar-refractivity contribution is 7.13. The lowest BCUT2D eigenvalue weighted by molar-refractivity contribution is 0.281. The van der Waals surface area contributed by atoms with Crippen LogP contribution in [0.3, 0.4) is 0 Å². The molecule has 3 nitrogen and oxygen atoms in total. The summed E-state index contributed by atoms with van der Waals surface area (Å²) < 4.78 is 2.23. The third kappa shape index (κ3) is 2.25. The van der Waals surface area contributed by atoms with Gasteiger partial charge in [0, 0.05) is 13.2 Å². The Morgan fingerprint density at radius 3 is 2.75 bits per heavy atom. The van der Waals surface area contributed by atoms with Crippen molar-refractivity contribution in [1.82, 2.24) is 9.55 Å². The van der Waals surface area contributed by atoms with E-state index < -0.39 is 0 Å². The van der Waals surface area contributed by atoms with Gasteiger partial charge in [0.05, 0.1) is 15.9 Å². The summed E-state index contributed by atoms with van der Waals surface area (Å²) in [6.07, 6.45) is 0.747. The summed E-state index contributed by atoms with van der Waals surface area (Å²) in [6.45, 7) is 5.24. The average molecular weight is 286 g/mol. The molecule has 20 heavy (non-hydrogen) atoms. The van der Waals surface area contributed by atoms with E-state index in [9.17, 15) is 0 Å². The van der Waals surface area contributed by atoms with Gasteiger partial charge >= 0.3 is 0 Å². The van der Waals surface area contributed by atoms with Crippen molar-refractivity contribution in [3.63, 3.8) is 0 Å². The number of aliphatic hydroxyl groups excluding tert-OH is 1. The Hall–Kier alpha value is -1.65. The Bertz CT molecular complexity index is 729. The minimum absolute atomic E-state index is 0.203. The summed E-state index contributed by atoms with van der Waals surface area (Å²) in [5.41, 5.74) is 4.74. The predicted molar refractivity (Wildman–Crippen MR) is 84.2 cm³/mol. The molecule has 0 aliphatic carbocycles. The smallest absolute Gasteiger partial charge is 0.151 e. The van der Waals surface area contributed by atoms with Gasteiger partial charge in [-0.3, -0.25) is 0 Å². The number of aliphatic hydroxyl groups is 1. The van der Waals surface area contributed by atoms with Crippen LogP contribution >= 0.6 is 11.3 Å². The van der Waals surface area contributed by atoms with E-state index in [1.54, 1.807) is 11.3 Å². The minimum atomic E-state index is 0.203. The summed E-state index contributed by atoms with van der Waals surface area (Å²) in [5, 5.41) is 11.2. The van der Waals surface area contributed by atoms with E-state index in [0.29, 0.717) is 0 Å². The van der Waals surface area contributed by atoms with Crippen LogP contribution in [0.25, 0.3) is 21.7 Å². The monoisotopic (exact) mass is 286 g/mol. The zero-order valence-corrected chi connectivity index (χ0v) is 12.6. The Labute approximate surface area is 122 Å². The Balaban J connectivity index is 2.22. The predicted octanol–water partition coefficient (Wildman–Crippen LogP) is 3.76. The Morgan fingerprint density at radius 1 is 1.25 bits per heavy atom. The van der Waals surface area contributed by atoms with E-state index in [1.807, 2.05) is 6.07 Å². The number of hydrogen-bond acceptors (Lipinski definition) is 3. The first kappa shape index (κ1) is 13.3. The summed E-state index contributed by atoms with van der Waals surface area (Å²) in [7, 11) is 0. The largest absolute Gasteiger partial charge is 0.396 e. The fourth-order valence-corrected chi connectivity index (χ4v) is 3.15. The van der Waals surface area contributed by atoms with E-state index in [1.165, 1.54) is 16.0 Å². The second kappa shape index (κ2) is 5.38. The number of hydrogen-bond donors (Lipinski definition) is 1. The van der Waals surface area contributed by atoms with Crippen LogP contribution in [-0.2, 0) is 6.54 Å². The fourth-order valence-electron chi connectivity index (χ4n) is 2.43. The number of nitrogens with zero attached hydrogens (tertiary/aromatic N) is 2. The molecule has 2 heterocycles. The van der Waals surface area contributed by atoms with Gasteiger partial charge in [-0.2, -0.15) is 0 Å². The van der Waals surface area contributed by atoms with Crippen LogP contribution in [0.1, 0.15) is 17.5 Å². The number of rotatable bonds is 4. The minimum Gasteiger partial charge on any atom is -0.396 e. The lowest BCUT2D eigenvalue weighted by atomic mass is 10.1. The van der Waals surface area contributed by atoms with E-state index in [0.717, 1.165) is 29.8 Å². The van der Waals surface area contributed by atoms with Gasteiger partial charge in [0.2, 0.25) is 0 Å². The molecule has 0 aliphatic heterocycles. The average Bonchev–Trinajstić information content (AvgIpc) is 3.05. The van der Waals surface area contributed by atoms with Crippen molar-refractivity contribution < 1.29 is 5.11 Å². The van der Waals surface area contributed by atoms with Crippen molar-refractivity contribution in [2.75, 3.05) is 6.61 Å². The normalized spacial score (nSPS) is 11.3. The summed E-state index contributed by atoms with van der Waals surface area (Å²) in [5.74, 6) is 1.01. The molecule has 0 atom stereocenters. The van der Waals surface area contributed by atoms with Gasteiger partial charge in [-0.1, -0.05) is 6.07 Å². The number of aryl methyl sites for hydroxylation is 3. The first-order valence-corrected chi connectivity index (χ1v) is 7.71. The van der Waals surface area contributed by atoms with Gasteiger partial charge in [-0.05, 0) is 55.0 Å². The Morgan fingerprint density at radius 2 is 2.05 bits per heavy atom. The number of aromatic nitrogens is 2. The molecule has 4 heteroatoms. The van der Waals surface area contributed by atoms with Crippen LogP contribution in [-0.4, -0.2) is 21.3 Å². The highest BCUT2D eigenvalue weighted by Crippen LogP contribution is 2.29. The lowest BCUT2D eigenvalue weighted by Crippen LogP contribution is -2.02. The maximum Gasteiger partial charge on any atom is 0.151 e. The van der Waals surface area contributed by atoms with E-state index in [4.69, 9.17) is 10.1 Å². The van der Waals surface area contributed by atoms with Crippen molar-refractivity contribution in [2.24, 2.45) is 0 Å². The SMILES string of the molecule is Cc1cc2nc(-c3cccs3)n(CCCO)c2cc1C. The van der Waals surface area contributed by atoms with Crippen LogP contribution in [0.15, 0.2) is 29.6 Å². The first-order chi connectivity index (χ1) is 9.70. The van der Waals surface area contributed by atoms with Gasteiger partial charge in [-0.15, -0.1) is 11.3 Å². The fraction of sp³-hybridized carbons (Fsp3) is 0.312. The molecule has 0 spiro atoms. The van der Waals surface area contributed by atoms with Crippen LogP contribution in [0.4, 0.5) is 0 Å². The summed E-state index contributed by atoms with van der Waals surface area (Å²) >= 11 is 1.70. The van der Waals surface area contributed by atoms with E-state index in [2.05, 4.69) is 42.0 Å². The number of benzene rings is 1. The molecule has 0 saturated heterocycles. The van der Waals surface area contributed by atoms with Crippen molar-refractivity contribution in [3.05, 3.63) is 40.8 Å². The molecule has 3 rings (SSSR count). The number of thiophene rings is 1. The molecule has 104 valence electrons. The van der Waals surface area contributed by atoms with Crippen molar-refractivity contribution in [2.45, 2.75) is 26.8 Å². The zero-order valence-electron chi connectivity index (χ0n) is 11.8. The van der Waals surface area contributed by atoms with Crippen LogP contribution < -0.4 is 0 Å². The lowest BCUT2D eigenvalue weighted by Gasteiger charge is -2.08. The topological polar surface area (TPSA) is 38.0 Å². The number of imidazole rings is 1. The van der Waals surface area contributed by atoms with Crippen LogP contribution in [0, 0.1) is 13.8 Å². The highest BCUT2D eigenvalue weighted by Gasteiger charge is 2.14. The zero-order chi connectivity index (χ0) is 14.1. The molecular formula is C16H18N2OS. The summed E-state index contributed by atoms with van der Waals surface area (Å²) in [4.78, 5) is 5.98. The molecular weight excluding hydrogens is 268 g/mol. The standard InChI is InChI=1S/C16H18N2OS/c1-11-9-13-14(10-12(11)2)18(6-4-7-19)16(17-13)15-5-3-8-20-15/h3,5,8-10,19H,4,6-7H2,1-2H3. The van der Waals surface area contributed by atoms with Gasteiger partial charge in [-0.25, -0.2) is 4.98 Å². The third-order valence-corrected chi connectivity index (χ3v) is 4.51. The van der Waals surface area contributed by atoms with E-state index in [-0.39, 0.29) is 6.61 Å². The second-order valence-corrected chi connectivity index (χ2v) is 6.01. The van der Waals surface area contributed by atoms with Gasteiger partial charge in [0.15, 0.2) is 5.82 Å². The molecule has 0 saturated carbocycles. The molecule has 0 bridgehead atoms. The first-order valence-electron chi connectivity index (χ1n) is 6.83.